The Bertz CT molecular complexity index is 518. The van der Waals surface area contributed by atoms with Crippen molar-refractivity contribution in [3.63, 3.8) is 0 Å². The van der Waals surface area contributed by atoms with Crippen LogP contribution >= 0.6 is 0 Å². The third kappa shape index (κ3) is 1.34. The summed E-state index contributed by atoms with van der Waals surface area (Å²) in [6.45, 7) is 1.57. The van der Waals surface area contributed by atoms with Crippen LogP contribution in [0.25, 0.3) is 10.9 Å². The third-order valence-electron chi connectivity index (χ3n) is 2.97. The Morgan fingerprint density at radius 2 is 2.19 bits per heavy atom. The van der Waals surface area contributed by atoms with E-state index in [0.29, 0.717) is 0 Å². The van der Waals surface area contributed by atoms with Gasteiger partial charge in [0.25, 0.3) is 0 Å². The van der Waals surface area contributed by atoms with E-state index in [2.05, 4.69) is 20.7 Å². The molecule has 4 heteroatoms. The average molecular weight is 217 g/mol. The van der Waals surface area contributed by atoms with Gasteiger partial charge in [0, 0.05) is 5.39 Å². The van der Waals surface area contributed by atoms with Gasteiger partial charge in [0.1, 0.15) is 0 Å². The predicted octanol–water partition coefficient (Wildman–Crippen LogP) is 1.63. The van der Waals surface area contributed by atoms with Gasteiger partial charge < -0.3 is 4.74 Å². The highest BCUT2D eigenvalue weighted by atomic mass is 16.5. The highest BCUT2D eigenvalue weighted by Crippen LogP contribution is 2.30. The molecule has 0 spiro atoms. The molecule has 0 N–H and O–H groups in total. The molecule has 1 atom stereocenters. The molecule has 0 saturated heterocycles. The van der Waals surface area contributed by atoms with Crippen LogP contribution < -0.4 is 0 Å². The van der Waals surface area contributed by atoms with Crippen LogP contribution in [0.4, 0.5) is 0 Å². The van der Waals surface area contributed by atoms with Gasteiger partial charge in [0.05, 0.1) is 24.4 Å². The minimum atomic E-state index is 0.0150. The van der Waals surface area contributed by atoms with Crippen LogP contribution in [-0.2, 0) is 11.3 Å². The largest absolute Gasteiger partial charge is 0.355 e. The molecule has 1 aliphatic rings. The summed E-state index contributed by atoms with van der Waals surface area (Å²) in [7, 11) is 4.06. The molecule has 0 unspecified atom stereocenters. The van der Waals surface area contributed by atoms with Crippen molar-refractivity contribution in [1.82, 2.24) is 14.7 Å². The fourth-order valence-electron chi connectivity index (χ4n) is 2.25. The Labute approximate surface area is 94.4 Å². The summed E-state index contributed by atoms with van der Waals surface area (Å²) in [4.78, 5) is 2.08. The Kier molecular flexibility index (Phi) is 2.19. The molecule has 2 heterocycles. The van der Waals surface area contributed by atoms with E-state index >= 15 is 0 Å². The number of rotatable bonds is 1. The maximum absolute atomic E-state index is 5.80. The van der Waals surface area contributed by atoms with Crippen molar-refractivity contribution in [2.45, 2.75) is 12.8 Å². The number of ether oxygens (including phenoxy) is 1. The molecule has 84 valence electrons. The van der Waals surface area contributed by atoms with Gasteiger partial charge in [0.15, 0.2) is 6.23 Å². The molecule has 0 bridgehead atoms. The maximum atomic E-state index is 5.80. The van der Waals surface area contributed by atoms with E-state index in [0.717, 1.165) is 18.7 Å². The van der Waals surface area contributed by atoms with Gasteiger partial charge >= 0.3 is 0 Å². The second-order valence-corrected chi connectivity index (χ2v) is 4.31. The minimum absolute atomic E-state index is 0.0150. The SMILES string of the molecule is CN(C)[C@H]1OCCn2nc3ccccc3c21. The molecule has 1 aromatic heterocycles. The smallest absolute Gasteiger partial charge is 0.153 e. The Hall–Kier alpha value is -1.39. The topological polar surface area (TPSA) is 30.3 Å². The summed E-state index contributed by atoms with van der Waals surface area (Å²) in [5.41, 5.74) is 2.22. The Morgan fingerprint density at radius 1 is 1.38 bits per heavy atom. The molecule has 1 aromatic carbocycles. The summed E-state index contributed by atoms with van der Waals surface area (Å²) in [6, 6.07) is 8.23. The molecular formula is C12H15N3O. The Morgan fingerprint density at radius 3 is 3.00 bits per heavy atom. The van der Waals surface area contributed by atoms with Gasteiger partial charge in [-0.15, -0.1) is 0 Å². The van der Waals surface area contributed by atoms with Crippen LogP contribution in [-0.4, -0.2) is 35.4 Å². The standard InChI is InChI=1S/C12H15N3O/c1-14(2)12-11-9-5-3-4-6-10(9)13-15(11)7-8-16-12/h3-6,12H,7-8H2,1-2H3/t12-/m0/s1. The first-order valence-corrected chi connectivity index (χ1v) is 5.51. The van der Waals surface area contributed by atoms with Gasteiger partial charge in [0.2, 0.25) is 0 Å². The normalized spacial score (nSPS) is 20.3. The molecule has 4 nitrogen and oxygen atoms in total. The zero-order valence-electron chi connectivity index (χ0n) is 9.55. The highest BCUT2D eigenvalue weighted by Gasteiger charge is 2.26. The van der Waals surface area contributed by atoms with Crippen molar-refractivity contribution in [2.24, 2.45) is 0 Å². The fraction of sp³-hybridized carbons (Fsp3) is 0.417. The third-order valence-corrected chi connectivity index (χ3v) is 2.97. The summed E-state index contributed by atoms with van der Waals surface area (Å²) < 4.78 is 7.87. The molecule has 2 aromatic rings. The molecule has 0 saturated carbocycles. The van der Waals surface area contributed by atoms with Gasteiger partial charge in [-0.1, -0.05) is 18.2 Å². The lowest BCUT2D eigenvalue weighted by Crippen LogP contribution is -2.31. The number of nitrogens with zero attached hydrogens (tertiary/aromatic N) is 3. The van der Waals surface area contributed by atoms with Crippen LogP contribution in [0.3, 0.4) is 0 Å². The lowest BCUT2D eigenvalue weighted by Gasteiger charge is -2.29. The summed E-state index contributed by atoms with van der Waals surface area (Å²) in [5.74, 6) is 0. The summed E-state index contributed by atoms with van der Waals surface area (Å²) in [6.07, 6.45) is 0.0150. The van der Waals surface area contributed by atoms with Crippen LogP contribution in [0.1, 0.15) is 11.9 Å². The molecule has 0 radical (unpaired) electrons. The first kappa shape index (κ1) is 9.81. The van der Waals surface area contributed by atoms with Gasteiger partial charge in [-0.3, -0.25) is 9.58 Å². The van der Waals surface area contributed by atoms with Gasteiger partial charge in [-0.25, -0.2) is 0 Å². The lowest BCUT2D eigenvalue weighted by molar-refractivity contribution is -0.0644. The fourth-order valence-corrected chi connectivity index (χ4v) is 2.25. The molecule has 0 aliphatic carbocycles. The zero-order chi connectivity index (χ0) is 11.1. The van der Waals surface area contributed by atoms with E-state index in [1.165, 1.54) is 11.1 Å². The van der Waals surface area contributed by atoms with E-state index in [-0.39, 0.29) is 6.23 Å². The van der Waals surface area contributed by atoms with Gasteiger partial charge in [-0.2, -0.15) is 5.10 Å². The van der Waals surface area contributed by atoms with Crippen LogP contribution in [0.2, 0.25) is 0 Å². The summed E-state index contributed by atoms with van der Waals surface area (Å²) in [5, 5.41) is 5.79. The number of hydrogen-bond acceptors (Lipinski definition) is 3. The molecule has 3 rings (SSSR count). The van der Waals surface area contributed by atoms with E-state index in [9.17, 15) is 0 Å². The van der Waals surface area contributed by atoms with Crippen molar-refractivity contribution in [2.75, 3.05) is 20.7 Å². The van der Waals surface area contributed by atoms with E-state index in [4.69, 9.17) is 4.74 Å². The average Bonchev–Trinajstić information content (AvgIpc) is 2.66. The first-order chi connectivity index (χ1) is 7.77. The molecule has 16 heavy (non-hydrogen) atoms. The number of fused-ring (bicyclic) bond motifs is 3. The van der Waals surface area contributed by atoms with E-state index < -0.39 is 0 Å². The van der Waals surface area contributed by atoms with E-state index in [1.54, 1.807) is 0 Å². The van der Waals surface area contributed by atoms with Crippen molar-refractivity contribution < 1.29 is 4.74 Å². The minimum Gasteiger partial charge on any atom is -0.355 e. The number of benzene rings is 1. The first-order valence-electron chi connectivity index (χ1n) is 5.51. The van der Waals surface area contributed by atoms with Crippen molar-refractivity contribution >= 4 is 10.9 Å². The monoisotopic (exact) mass is 217 g/mol. The predicted molar refractivity (Wildman–Crippen MR) is 62.1 cm³/mol. The van der Waals surface area contributed by atoms with Crippen molar-refractivity contribution in [3.8, 4) is 0 Å². The quantitative estimate of drug-likeness (QED) is 0.727. The highest BCUT2D eigenvalue weighted by molar-refractivity contribution is 5.81. The molecular weight excluding hydrogens is 202 g/mol. The number of aromatic nitrogens is 2. The van der Waals surface area contributed by atoms with E-state index in [1.807, 2.05) is 32.3 Å². The van der Waals surface area contributed by atoms with Gasteiger partial charge in [-0.05, 0) is 20.2 Å². The molecule has 0 fully saturated rings. The Balaban J connectivity index is 2.24. The molecule has 0 amide bonds. The summed E-state index contributed by atoms with van der Waals surface area (Å²) >= 11 is 0. The van der Waals surface area contributed by atoms with Crippen molar-refractivity contribution in [1.29, 1.82) is 0 Å². The second-order valence-electron chi connectivity index (χ2n) is 4.31. The van der Waals surface area contributed by atoms with Crippen molar-refractivity contribution in [3.05, 3.63) is 30.0 Å². The maximum Gasteiger partial charge on any atom is 0.153 e. The van der Waals surface area contributed by atoms with Crippen LogP contribution in [0, 0.1) is 0 Å². The van der Waals surface area contributed by atoms with Crippen LogP contribution in [0.15, 0.2) is 24.3 Å². The number of hydrogen-bond donors (Lipinski definition) is 0. The van der Waals surface area contributed by atoms with Crippen LogP contribution in [0.5, 0.6) is 0 Å². The lowest BCUT2D eigenvalue weighted by atomic mass is 10.2. The zero-order valence-corrected chi connectivity index (χ0v) is 9.55. The molecule has 1 aliphatic heterocycles. The second kappa shape index (κ2) is 3.57.